The summed E-state index contributed by atoms with van der Waals surface area (Å²) in [6.45, 7) is 2.66. The monoisotopic (exact) mass is 357 g/mol. The molecule has 3 unspecified atom stereocenters. The van der Waals surface area contributed by atoms with Crippen LogP contribution in [0.5, 0.6) is 0 Å². The first-order valence-electron chi connectivity index (χ1n) is 8.92. The predicted molar refractivity (Wildman–Crippen MR) is 100 cm³/mol. The van der Waals surface area contributed by atoms with E-state index >= 15 is 0 Å². The second kappa shape index (κ2) is 7.44. The number of fused-ring (bicyclic) bond motifs is 1. The molecule has 0 aliphatic carbocycles. The molecule has 132 valence electrons. The van der Waals surface area contributed by atoms with E-state index in [1.54, 1.807) is 0 Å². The summed E-state index contributed by atoms with van der Waals surface area (Å²) in [7, 11) is 0. The maximum atomic E-state index is 10.5. The van der Waals surface area contributed by atoms with Gasteiger partial charge in [-0.25, -0.2) is 5.43 Å². The molecule has 0 saturated carbocycles. The summed E-state index contributed by atoms with van der Waals surface area (Å²) < 4.78 is 0. The van der Waals surface area contributed by atoms with Gasteiger partial charge in [0.15, 0.2) is 0 Å². The van der Waals surface area contributed by atoms with E-state index < -0.39 is 6.10 Å². The highest BCUT2D eigenvalue weighted by molar-refractivity contribution is 6.30. The molecule has 0 radical (unpaired) electrons. The highest BCUT2D eigenvalue weighted by Gasteiger charge is 2.40. The van der Waals surface area contributed by atoms with Gasteiger partial charge in [0, 0.05) is 30.1 Å². The van der Waals surface area contributed by atoms with E-state index in [0.29, 0.717) is 18.5 Å². The molecule has 4 nitrogen and oxygen atoms in total. The van der Waals surface area contributed by atoms with Crippen molar-refractivity contribution in [1.29, 1.82) is 0 Å². The fourth-order valence-corrected chi connectivity index (χ4v) is 4.19. The van der Waals surface area contributed by atoms with Crippen molar-refractivity contribution < 1.29 is 5.11 Å². The molecule has 2 aliphatic rings. The van der Waals surface area contributed by atoms with Crippen LogP contribution >= 0.6 is 11.6 Å². The van der Waals surface area contributed by atoms with E-state index in [4.69, 9.17) is 11.6 Å². The molecule has 2 aliphatic heterocycles. The number of rotatable bonds is 4. The van der Waals surface area contributed by atoms with E-state index in [0.717, 1.165) is 30.1 Å². The number of β-amino-alcohol motifs (C(OH)–C–C–N with tert-alkyl or cyclic N) is 1. The summed E-state index contributed by atoms with van der Waals surface area (Å²) in [5.74, 6) is 0.484. The highest BCUT2D eigenvalue weighted by Crippen LogP contribution is 2.34. The minimum absolute atomic E-state index is 0.277. The van der Waals surface area contributed by atoms with Crippen LogP contribution in [0.1, 0.15) is 29.7 Å². The maximum Gasteiger partial charge on any atom is 0.0916 e. The summed E-state index contributed by atoms with van der Waals surface area (Å²) in [6.07, 6.45) is 0.651. The first-order valence-corrected chi connectivity index (χ1v) is 9.30. The van der Waals surface area contributed by atoms with Crippen molar-refractivity contribution in [3.05, 3.63) is 70.7 Å². The zero-order valence-corrected chi connectivity index (χ0v) is 14.9. The van der Waals surface area contributed by atoms with Crippen molar-refractivity contribution in [2.75, 3.05) is 19.6 Å². The van der Waals surface area contributed by atoms with Gasteiger partial charge in [-0.2, -0.15) is 0 Å². The van der Waals surface area contributed by atoms with Crippen molar-refractivity contribution in [3.8, 4) is 0 Å². The number of piperidine rings is 1. The molecule has 25 heavy (non-hydrogen) atoms. The third-order valence-electron chi connectivity index (χ3n) is 5.44. The second-order valence-electron chi connectivity index (χ2n) is 7.06. The molecule has 2 heterocycles. The Morgan fingerprint density at radius 2 is 1.84 bits per heavy atom. The van der Waals surface area contributed by atoms with E-state index in [-0.39, 0.29) is 6.04 Å². The van der Waals surface area contributed by atoms with E-state index in [1.807, 2.05) is 42.5 Å². The van der Waals surface area contributed by atoms with E-state index in [2.05, 4.69) is 27.9 Å². The maximum absolute atomic E-state index is 10.5. The Morgan fingerprint density at radius 1 is 1.08 bits per heavy atom. The average Bonchev–Trinajstić information content (AvgIpc) is 3.06. The zero-order valence-electron chi connectivity index (χ0n) is 14.1. The van der Waals surface area contributed by atoms with E-state index in [9.17, 15) is 5.11 Å². The first-order chi connectivity index (χ1) is 12.2. The van der Waals surface area contributed by atoms with Crippen LogP contribution in [-0.2, 0) is 0 Å². The van der Waals surface area contributed by atoms with Crippen molar-refractivity contribution in [1.82, 2.24) is 15.8 Å². The molecule has 4 rings (SSSR count). The largest absolute Gasteiger partial charge is 0.387 e. The fraction of sp³-hybridized carbons (Fsp3) is 0.400. The lowest BCUT2D eigenvalue weighted by Crippen LogP contribution is -2.46. The molecule has 5 heteroatoms. The quantitative estimate of drug-likeness (QED) is 0.787. The van der Waals surface area contributed by atoms with Crippen LogP contribution in [0.2, 0.25) is 5.02 Å². The Balaban J connectivity index is 1.43. The van der Waals surface area contributed by atoms with Gasteiger partial charge in [0.2, 0.25) is 0 Å². The molecule has 3 N–H and O–H groups in total. The molecular formula is C20H24ClN3O. The summed E-state index contributed by atoms with van der Waals surface area (Å²) in [6, 6.07) is 18.8. The van der Waals surface area contributed by atoms with Crippen molar-refractivity contribution in [3.63, 3.8) is 0 Å². The van der Waals surface area contributed by atoms with Gasteiger partial charge >= 0.3 is 0 Å². The van der Waals surface area contributed by atoms with Gasteiger partial charge in [-0.3, -0.25) is 10.3 Å². The minimum atomic E-state index is -0.436. The normalized spacial score (nSPS) is 27.8. The van der Waals surface area contributed by atoms with Crippen molar-refractivity contribution in [2.24, 2.45) is 5.92 Å². The van der Waals surface area contributed by atoms with Crippen molar-refractivity contribution >= 4 is 11.6 Å². The third-order valence-corrected chi connectivity index (χ3v) is 5.69. The number of nitrogens with one attached hydrogen (secondary N) is 2. The van der Waals surface area contributed by atoms with Crippen LogP contribution < -0.4 is 10.9 Å². The predicted octanol–water partition coefficient (Wildman–Crippen LogP) is 2.91. The van der Waals surface area contributed by atoms with Crippen molar-refractivity contribution in [2.45, 2.75) is 24.6 Å². The van der Waals surface area contributed by atoms with Gasteiger partial charge < -0.3 is 5.11 Å². The Kier molecular flexibility index (Phi) is 5.06. The molecule has 2 aromatic rings. The number of aliphatic hydroxyl groups is 1. The Hall–Kier alpha value is -1.43. The van der Waals surface area contributed by atoms with Gasteiger partial charge in [-0.05, 0) is 36.2 Å². The number of hydrogen-bond acceptors (Lipinski definition) is 4. The number of hydrogen-bond donors (Lipinski definition) is 3. The number of likely N-dealkylation sites (tertiary alicyclic amines) is 1. The highest BCUT2D eigenvalue weighted by atomic mass is 35.5. The molecule has 2 aromatic carbocycles. The molecule has 0 bridgehead atoms. The number of benzene rings is 2. The van der Waals surface area contributed by atoms with Crippen LogP contribution in [0.25, 0.3) is 0 Å². The summed E-state index contributed by atoms with van der Waals surface area (Å²) in [5.41, 5.74) is 9.16. The molecule has 0 spiro atoms. The van der Waals surface area contributed by atoms with Gasteiger partial charge in [0.25, 0.3) is 0 Å². The number of nitrogens with zero attached hydrogens (tertiary/aromatic N) is 1. The first kappa shape index (κ1) is 17.0. The lowest BCUT2D eigenvalue weighted by Gasteiger charge is -2.37. The average molecular weight is 358 g/mol. The number of hydrazine groups is 1. The standard InChI is InChI=1S/C20H24ClN3O/c21-16-8-6-15(7-9-16)20-17-12-24(11-10-18(17)22-23-20)13-19(25)14-4-2-1-3-5-14/h1-9,17-20,22-23,25H,10-13H2/t17?,18?,19-,20?/m0/s1. The van der Waals surface area contributed by atoms with Crippen LogP contribution in [-0.4, -0.2) is 35.7 Å². The lowest BCUT2D eigenvalue weighted by atomic mass is 9.85. The Labute approximate surface area is 153 Å². The summed E-state index contributed by atoms with van der Waals surface area (Å²) >= 11 is 6.02. The van der Waals surface area contributed by atoms with Crippen LogP contribution in [0.4, 0.5) is 0 Å². The van der Waals surface area contributed by atoms with Gasteiger partial charge in [-0.1, -0.05) is 54.1 Å². The Morgan fingerprint density at radius 3 is 2.60 bits per heavy atom. The smallest absolute Gasteiger partial charge is 0.0916 e. The number of halogens is 1. The summed E-state index contributed by atoms with van der Waals surface area (Å²) in [4.78, 5) is 2.39. The SMILES string of the molecule is O[C@@H](CN1CCC2NNC(c3ccc(Cl)cc3)C2C1)c1ccccc1. The van der Waals surface area contributed by atoms with E-state index in [1.165, 1.54) is 5.56 Å². The molecule has 2 fully saturated rings. The molecule has 0 aromatic heterocycles. The molecule has 0 amide bonds. The lowest BCUT2D eigenvalue weighted by molar-refractivity contribution is 0.0775. The van der Waals surface area contributed by atoms with Crippen LogP contribution in [0, 0.1) is 5.92 Å². The van der Waals surface area contributed by atoms with Gasteiger partial charge in [0.05, 0.1) is 12.1 Å². The second-order valence-corrected chi connectivity index (χ2v) is 7.50. The molecular weight excluding hydrogens is 334 g/mol. The minimum Gasteiger partial charge on any atom is -0.387 e. The Bertz CT molecular complexity index is 694. The molecule has 4 atom stereocenters. The van der Waals surface area contributed by atoms with Crippen LogP contribution in [0.15, 0.2) is 54.6 Å². The molecule has 2 saturated heterocycles. The zero-order chi connectivity index (χ0) is 17.2. The van der Waals surface area contributed by atoms with Crippen LogP contribution in [0.3, 0.4) is 0 Å². The topological polar surface area (TPSA) is 47.5 Å². The fourth-order valence-electron chi connectivity index (χ4n) is 4.06. The number of aliphatic hydroxyl groups excluding tert-OH is 1. The van der Waals surface area contributed by atoms with Gasteiger partial charge in [-0.15, -0.1) is 0 Å². The van der Waals surface area contributed by atoms with Gasteiger partial charge in [0.1, 0.15) is 0 Å². The summed E-state index contributed by atoms with van der Waals surface area (Å²) in [5, 5.41) is 11.3. The third kappa shape index (κ3) is 3.73.